The molecule has 1 aliphatic rings. The largest absolute Gasteiger partial charge is 0.313 e. The van der Waals surface area contributed by atoms with Crippen molar-refractivity contribution in [1.29, 1.82) is 0 Å². The Hall–Kier alpha value is -0.970. The van der Waals surface area contributed by atoms with Gasteiger partial charge in [0.15, 0.2) is 0 Å². The van der Waals surface area contributed by atoms with Gasteiger partial charge in [-0.1, -0.05) is 32.0 Å². The minimum absolute atomic E-state index is 0.0652. The predicted molar refractivity (Wildman–Crippen MR) is 85.9 cm³/mol. The zero-order valence-electron chi connectivity index (χ0n) is 13.5. The lowest BCUT2D eigenvalue weighted by atomic mass is 9.93. The van der Waals surface area contributed by atoms with Gasteiger partial charge >= 0.3 is 0 Å². The fourth-order valence-electron chi connectivity index (χ4n) is 3.27. The van der Waals surface area contributed by atoms with Crippen molar-refractivity contribution in [2.75, 3.05) is 46.3 Å². The van der Waals surface area contributed by atoms with Gasteiger partial charge in [0.05, 0.1) is 0 Å². The summed E-state index contributed by atoms with van der Waals surface area (Å²) in [4.78, 5) is 4.98. The van der Waals surface area contributed by atoms with E-state index >= 15 is 0 Å². The third-order valence-corrected chi connectivity index (χ3v) is 4.58. The molecule has 1 aliphatic heterocycles. The number of nitrogens with zero attached hydrogens (tertiary/aromatic N) is 2. The van der Waals surface area contributed by atoms with E-state index in [0.717, 1.165) is 44.8 Å². The third kappa shape index (κ3) is 4.25. The molecule has 1 saturated heterocycles. The molecule has 2 atom stereocenters. The predicted octanol–water partition coefficient (Wildman–Crippen LogP) is 2.36. The fraction of sp³-hybridized carbons (Fsp3) is 0.647. The summed E-state index contributed by atoms with van der Waals surface area (Å²) >= 11 is 0. The Morgan fingerprint density at radius 2 is 1.76 bits per heavy atom. The van der Waals surface area contributed by atoms with Crippen molar-refractivity contribution < 1.29 is 4.39 Å². The van der Waals surface area contributed by atoms with Gasteiger partial charge in [-0.25, -0.2) is 4.39 Å². The molecule has 4 heteroatoms. The van der Waals surface area contributed by atoms with Crippen molar-refractivity contribution in [3.05, 3.63) is 35.6 Å². The van der Waals surface area contributed by atoms with Gasteiger partial charge < -0.3 is 15.1 Å². The molecule has 0 spiro atoms. The number of rotatable bonds is 6. The summed E-state index contributed by atoms with van der Waals surface area (Å²) in [7, 11) is 1.92. The minimum atomic E-state index is -0.112. The minimum Gasteiger partial charge on any atom is -0.313 e. The van der Waals surface area contributed by atoms with E-state index in [1.165, 1.54) is 0 Å². The molecule has 1 N–H and O–H groups in total. The fourth-order valence-corrected chi connectivity index (χ4v) is 3.27. The SMILES string of the molecule is CCN1CCN(CC(C)C(NC)c2ccccc2F)CC1. The Balaban J connectivity index is 1.95. The summed E-state index contributed by atoms with van der Waals surface area (Å²) in [6.45, 7) is 11.1. The first-order valence-electron chi connectivity index (χ1n) is 8.02. The van der Waals surface area contributed by atoms with Gasteiger partial charge in [-0.2, -0.15) is 0 Å². The van der Waals surface area contributed by atoms with Crippen molar-refractivity contribution in [1.82, 2.24) is 15.1 Å². The highest BCUT2D eigenvalue weighted by Crippen LogP contribution is 2.25. The highest BCUT2D eigenvalue weighted by Gasteiger charge is 2.24. The van der Waals surface area contributed by atoms with Crippen LogP contribution < -0.4 is 5.32 Å². The van der Waals surface area contributed by atoms with Crippen LogP contribution in [0.15, 0.2) is 24.3 Å². The Labute approximate surface area is 128 Å². The van der Waals surface area contributed by atoms with Crippen LogP contribution in [-0.2, 0) is 0 Å². The van der Waals surface area contributed by atoms with Crippen LogP contribution in [0.1, 0.15) is 25.5 Å². The van der Waals surface area contributed by atoms with E-state index in [-0.39, 0.29) is 11.9 Å². The third-order valence-electron chi connectivity index (χ3n) is 4.58. The molecule has 0 radical (unpaired) electrons. The zero-order valence-corrected chi connectivity index (χ0v) is 13.5. The number of benzene rings is 1. The van der Waals surface area contributed by atoms with E-state index in [2.05, 4.69) is 29.0 Å². The summed E-state index contributed by atoms with van der Waals surface area (Å²) < 4.78 is 14.0. The molecule has 0 saturated carbocycles. The lowest BCUT2D eigenvalue weighted by molar-refractivity contribution is 0.117. The van der Waals surface area contributed by atoms with Crippen molar-refractivity contribution in [3.63, 3.8) is 0 Å². The first-order valence-corrected chi connectivity index (χ1v) is 8.02. The summed E-state index contributed by atoms with van der Waals surface area (Å²) in [5.41, 5.74) is 0.777. The molecular weight excluding hydrogens is 265 g/mol. The lowest BCUT2D eigenvalue weighted by Crippen LogP contribution is -2.48. The average Bonchev–Trinajstić information content (AvgIpc) is 2.50. The van der Waals surface area contributed by atoms with Crippen LogP contribution in [0.4, 0.5) is 4.39 Å². The second-order valence-electron chi connectivity index (χ2n) is 6.00. The number of hydrogen-bond acceptors (Lipinski definition) is 3. The van der Waals surface area contributed by atoms with Crippen molar-refractivity contribution in [3.8, 4) is 0 Å². The van der Waals surface area contributed by atoms with E-state index in [1.54, 1.807) is 12.1 Å². The highest BCUT2D eigenvalue weighted by molar-refractivity contribution is 5.21. The smallest absolute Gasteiger partial charge is 0.127 e. The van der Waals surface area contributed by atoms with Crippen LogP contribution in [0, 0.1) is 11.7 Å². The second-order valence-corrected chi connectivity index (χ2v) is 6.00. The van der Waals surface area contributed by atoms with Crippen LogP contribution in [0.2, 0.25) is 0 Å². The average molecular weight is 293 g/mol. The Morgan fingerprint density at radius 1 is 1.14 bits per heavy atom. The number of hydrogen-bond donors (Lipinski definition) is 1. The monoisotopic (exact) mass is 293 g/mol. The van der Waals surface area contributed by atoms with Crippen LogP contribution >= 0.6 is 0 Å². The summed E-state index contributed by atoms with van der Waals surface area (Å²) in [5, 5.41) is 3.29. The van der Waals surface area contributed by atoms with Gasteiger partial charge in [0.25, 0.3) is 0 Å². The Bertz CT molecular complexity index is 430. The number of nitrogens with one attached hydrogen (secondary N) is 1. The first kappa shape index (κ1) is 16.4. The molecule has 1 aromatic rings. The molecule has 2 unspecified atom stereocenters. The van der Waals surface area contributed by atoms with E-state index in [4.69, 9.17) is 0 Å². The molecule has 2 rings (SSSR count). The van der Waals surface area contributed by atoms with Crippen molar-refractivity contribution in [2.45, 2.75) is 19.9 Å². The molecule has 1 heterocycles. The van der Waals surface area contributed by atoms with Crippen molar-refractivity contribution in [2.24, 2.45) is 5.92 Å². The van der Waals surface area contributed by atoms with E-state index in [9.17, 15) is 4.39 Å². The molecule has 0 bridgehead atoms. The standard InChI is InChI=1S/C17H28FN3/c1-4-20-9-11-21(12-10-20)13-14(2)17(19-3)15-7-5-6-8-16(15)18/h5-8,14,17,19H,4,9-13H2,1-3H3. The second kappa shape index (κ2) is 7.87. The number of piperazine rings is 1. The highest BCUT2D eigenvalue weighted by atomic mass is 19.1. The summed E-state index contributed by atoms with van der Waals surface area (Å²) in [6.07, 6.45) is 0. The molecule has 118 valence electrons. The van der Waals surface area contributed by atoms with Gasteiger partial charge in [0, 0.05) is 44.3 Å². The lowest BCUT2D eigenvalue weighted by Gasteiger charge is -2.37. The van der Waals surface area contributed by atoms with Gasteiger partial charge in [-0.15, -0.1) is 0 Å². The normalized spacial score (nSPS) is 20.4. The Morgan fingerprint density at radius 3 is 2.33 bits per heavy atom. The van der Waals surface area contributed by atoms with Gasteiger partial charge in [0.2, 0.25) is 0 Å². The molecule has 1 aromatic carbocycles. The maximum atomic E-state index is 14.0. The van der Waals surface area contributed by atoms with E-state index < -0.39 is 0 Å². The van der Waals surface area contributed by atoms with E-state index in [1.807, 2.05) is 19.2 Å². The number of likely N-dealkylation sites (N-methyl/N-ethyl adjacent to an activating group) is 1. The van der Waals surface area contributed by atoms with Crippen LogP contribution in [0.25, 0.3) is 0 Å². The van der Waals surface area contributed by atoms with Crippen molar-refractivity contribution >= 4 is 0 Å². The molecule has 0 aromatic heterocycles. The number of halogens is 1. The maximum Gasteiger partial charge on any atom is 0.127 e. The van der Waals surface area contributed by atoms with Gasteiger partial charge in [-0.3, -0.25) is 0 Å². The van der Waals surface area contributed by atoms with Crippen LogP contribution in [0.5, 0.6) is 0 Å². The Kier molecular flexibility index (Phi) is 6.15. The van der Waals surface area contributed by atoms with Gasteiger partial charge in [-0.05, 0) is 25.6 Å². The molecule has 0 aliphatic carbocycles. The molecule has 21 heavy (non-hydrogen) atoms. The van der Waals surface area contributed by atoms with Crippen LogP contribution in [0.3, 0.4) is 0 Å². The molecule has 3 nitrogen and oxygen atoms in total. The maximum absolute atomic E-state index is 14.0. The summed E-state index contributed by atoms with van der Waals surface area (Å²) in [5.74, 6) is 0.263. The first-order chi connectivity index (χ1) is 10.2. The quantitative estimate of drug-likeness (QED) is 0.868. The topological polar surface area (TPSA) is 18.5 Å². The van der Waals surface area contributed by atoms with E-state index in [0.29, 0.717) is 5.92 Å². The zero-order chi connectivity index (χ0) is 15.2. The van der Waals surface area contributed by atoms with Crippen LogP contribution in [-0.4, -0.2) is 56.1 Å². The molecule has 1 fully saturated rings. The molecule has 0 amide bonds. The molecular formula is C17H28FN3. The summed E-state index contributed by atoms with van der Waals surface area (Å²) in [6, 6.07) is 7.17. The van der Waals surface area contributed by atoms with Gasteiger partial charge in [0.1, 0.15) is 5.82 Å².